The highest BCUT2D eigenvalue weighted by molar-refractivity contribution is 7.15. The zero-order valence-electron chi connectivity index (χ0n) is 15.1. The Labute approximate surface area is 165 Å². The minimum Gasteiger partial charge on any atom is -0.311 e. The number of para-hydroxylation sites is 1. The molecule has 1 fully saturated rings. The molecule has 1 aliphatic rings. The molecule has 0 aliphatic carbocycles. The van der Waals surface area contributed by atoms with Crippen molar-refractivity contribution < 1.29 is 14.0 Å². The van der Waals surface area contributed by atoms with E-state index in [-0.39, 0.29) is 22.5 Å². The number of nitrogens with one attached hydrogen (secondary N) is 1. The molecule has 2 aromatic carbocycles. The molecular formula is C20H17FN4O2S. The molecule has 0 saturated carbocycles. The van der Waals surface area contributed by atoms with E-state index in [1.165, 1.54) is 29.5 Å². The Hall–Kier alpha value is -3.13. The summed E-state index contributed by atoms with van der Waals surface area (Å²) in [6, 6.07) is 13.5. The van der Waals surface area contributed by atoms with Crippen molar-refractivity contribution in [2.45, 2.75) is 19.3 Å². The molecule has 1 unspecified atom stereocenters. The van der Waals surface area contributed by atoms with Crippen molar-refractivity contribution in [3.8, 4) is 0 Å². The van der Waals surface area contributed by atoms with Gasteiger partial charge in [-0.15, -0.1) is 10.2 Å². The fourth-order valence-corrected chi connectivity index (χ4v) is 4.06. The van der Waals surface area contributed by atoms with Gasteiger partial charge in [0.05, 0.1) is 5.56 Å². The summed E-state index contributed by atoms with van der Waals surface area (Å²) in [5, 5.41) is 11.6. The van der Waals surface area contributed by atoms with Crippen LogP contribution in [0.5, 0.6) is 0 Å². The van der Waals surface area contributed by atoms with Gasteiger partial charge in [0.25, 0.3) is 5.91 Å². The number of rotatable bonds is 4. The lowest BCUT2D eigenvalue weighted by Gasteiger charge is -2.18. The van der Waals surface area contributed by atoms with Gasteiger partial charge in [-0.05, 0) is 30.7 Å². The molecule has 0 bridgehead atoms. The summed E-state index contributed by atoms with van der Waals surface area (Å²) in [6.45, 7) is 2.48. The summed E-state index contributed by atoms with van der Waals surface area (Å²) in [6.07, 6.45) is 0.338. The van der Waals surface area contributed by atoms with E-state index in [4.69, 9.17) is 0 Å². The number of halogens is 1. The largest absolute Gasteiger partial charge is 0.311 e. The molecule has 6 nitrogen and oxygen atoms in total. The lowest BCUT2D eigenvalue weighted by atomic mass is 10.1. The van der Waals surface area contributed by atoms with Crippen LogP contribution in [-0.2, 0) is 4.79 Å². The second-order valence-corrected chi connectivity index (χ2v) is 7.58. The van der Waals surface area contributed by atoms with Gasteiger partial charge >= 0.3 is 0 Å². The molecule has 2 amide bonds. The second-order valence-electron chi connectivity index (χ2n) is 6.57. The number of aromatic nitrogens is 2. The Morgan fingerprint density at radius 1 is 1.18 bits per heavy atom. The normalized spacial score (nSPS) is 16.4. The predicted molar refractivity (Wildman–Crippen MR) is 105 cm³/mol. The minimum atomic E-state index is -0.597. The molecule has 4 rings (SSSR count). The molecule has 1 saturated heterocycles. The Kier molecular flexibility index (Phi) is 4.87. The molecule has 28 heavy (non-hydrogen) atoms. The standard InChI is InChI=1S/C20H17FN4O2S/c1-12-6-2-5-9-16(12)25-11-13(10-17(25)26)19-23-24-20(28-19)22-18(27)14-7-3-4-8-15(14)21/h2-9,13H,10-11H2,1H3,(H,22,24,27). The fraction of sp³-hybridized carbons (Fsp3) is 0.200. The van der Waals surface area contributed by atoms with E-state index in [1.807, 2.05) is 31.2 Å². The first-order chi connectivity index (χ1) is 13.5. The van der Waals surface area contributed by atoms with Crippen LogP contribution in [0.3, 0.4) is 0 Å². The van der Waals surface area contributed by atoms with Crippen LogP contribution in [0.15, 0.2) is 48.5 Å². The molecule has 142 valence electrons. The summed E-state index contributed by atoms with van der Waals surface area (Å²) in [7, 11) is 0. The SMILES string of the molecule is Cc1ccccc1N1CC(c2nnc(NC(=O)c3ccccc3F)s2)CC1=O. The maximum atomic E-state index is 13.7. The molecule has 1 atom stereocenters. The minimum absolute atomic E-state index is 0.0337. The van der Waals surface area contributed by atoms with Crippen LogP contribution in [0.2, 0.25) is 0 Å². The van der Waals surface area contributed by atoms with E-state index in [2.05, 4.69) is 15.5 Å². The second kappa shape index (κ2) is 7.47. The first kappa shape index (κ1) is 18.2. The van der Waals surface area contributed by atoms with E-state index in [1.54, 1.807) is 11.0 Å². The Morgan fingerprint density at radius 2 is 1.93 bits per heavy atom. The van der Waals surface area contributed by atoms with Crippen LogP contribution in [0.1, 0.15) is 33.3 Å². The summed E-state index contributed by atoms with van der Waals surface area (Å²) >= 11 is 1.21. The first-order valence-corrected chi connectivity index (χ1v) is 9.60. The van der Waals surface area contributed by atoms with Gasteiger partial charge in [-0.25, -0.2) is 4.39 Å². The predicted octanol–water partition coefficient (Wildman–Crippen LogP) is 3.76. The third-order valence-corrected chi connectivity index (χ3v) is 5.66. The van der Waals surface area contributed by atoms with E-state index < -0.39 is 11.7 Å². The van der Waals surface area contributed by atoms with Gasteiger partial charge in [-0.2, -0.15) is 0 Å². The maximum absolute atomic E-state index is 13.7. The van der Waals surface area contributed by atoms with Gasteiger partial charge < -0.3 is 4.90 Å². The van der Waals surface area contributed by atoms with E-state index in [0.717, 1.165) is 11.3 Å². The van der Waals surface area contributed by atoms with Crippen molar-refractivity contribution in [2.24, 2.45) is 0 Å². The lowest BCUT2D eigenvalue weighted by molar-refractivity contribution is -0.117. The van der Waals surface area contributed by atoms with E-state index in [9.17, 15) is 14.0 Å². The highest BCUT2D eigenvalue weighted by Gasteiger charge is 2.34. The van der Waals surface area contributed by atoms with Gasteiger partial charge in [0.15, 0.2) is 0 Å². The van der Waals surface area contributed by atoms with Gasteiger partial charge in [0.1, 0.15) is 10.8 Å². The summed E-state index contributed by atoms with van der Waals surface area (Å²) in [5.74, 6) is -1.24. The van der Waals surface area contributed by atoms with Crippen molar-refractivity contribution >= 4 is 34.0 Å². The van der Waals surface area contributed by atoms with Gasteiger partial charge in [0, 0.05) is 24.6 Å². The Balaban J connectivity index is 1.48. The molecule has 0 spiro atoms. The number of carbonyl (C=O) groups excluding carboxylic acids is 2. The molecular weight excluding hydrogens is 379 g/mol. The number of carbonyl (C=O) groups is 2. The Bertz CT molecular complexity index is 1050. The van der Waals surface area contributed by atoms with Crippen LogP contribution in [0.4, 0.5) is 15.2 Å². The van der Waals surface area contributed by atoms with Crippen molar-refractivity contribution in [3.05, 3.63) is 70.5 Å². The Morgan fingerprint density at radius 3 is 2.71 bits per heavy atom. The van der Waals surface area contributed by atoms with Crippen LogP contribution in [0, 0.1) is 12.7 Å². The van der Waals surface area contributed by atoms with Crippen LogP contribution < -0.4 is 10.2 Å². The van der Waals surface area contributed by atoms with Gasteiger partial charge in [0.2, 0.25) is 11.0 Å². The van der Waals surface area contributed by atoms with Crippen LogP contribution >= 0.6 is 11.3 Å². The lowest BCUT2D eigenvalue weighted by Crippen LogP contribution is -2.25. The van der Waals surface area contributed by atoms with E-state index >= 15 is 0 Å². The van der Waals surface area contributed by atoms with E-state index in [0.29, 0.717) is 18.0 Å². The highest BCUT2D eigenvalue weighted by Crippen LogP contribution is 2.35. The van der Waals surface area contributed by atoms with Crippen molar-refractivity contribution in [3.63, 3.8) is 0 Å². The summed E-state index contributed by atoms with van der Waals surface area (Å²) in [5.41, 5.74) is 1.88. The summed E-state index contributed by atoms with van der Waals surface area (Å²) < 4.78 is 13.7. The van der Waals surface area contributed by atoms with Crippen molar-refractivity contribution in [1.29, 1.82) is 0 Å². The molecule has 1 aromatic heterocycles. The number of hydrogen-bond donors (Lipinski definition) is 1. The molecule has 3 aromatic rings. The first-order valence-electron chi connectivity index (χ1n) is 8.78. The monoisotopic (exact) mass is 396 g/mol. The van der Waals surface area contributed by atoms with Crippen molar-refractivity contribution in [2.75, 3.05) is 16.8 Å². The zero-order chi connectivity index (χ0) is 19.7. The number of nitrogens with zero attached hydrogens (tertiary/aromatic N) is 3. The van der Waals surface area contributed by atoms with Crippen LogP contribution in [0.25, 0.3) is 0 Å². The van der Waals surface area contributed by atoms with Crippen LogP contribution in [-0.4, -0.2) is 28.6 Å². The van der Waals surface area contributed by atoms with Crippen molar-refractivity contribution in [1.82, 2.24) is 10.2 Å². The third kappa shape index (κ3) is 3.50. The molecule has 2 heterocycles. The number of amides is 2. The third-order valence-electron chi connectivity index (χ3n) is 4.66. The highest BCUT2D eigenvalue weighted by atomic mass is 32.1. The number of anilines is 2. The summed E-state index contributed by atoms with van der Waals surface area (Å²) in [4.78, 5) is 26.5. The molecule has 1 aliphatic heterocycles. The fourth-order valence-electron chi connectivity index (χ4n) is 3.23. The van der Waals surface area contributed by atoms with Gasteiger partial charge in [-0.1, -0.05) is 41.7 Å². The molecule has 8 heteroatoms. The zero-order valence-corrected chi connectivity index (χ0v) is 15.9. The quantitative estimate of drug-likeness (QED) is 0.729. The number of aryl methyl sites for hydroxylation is 1. The average Bonchev–Trinajstić information content (AvgIpc) is 3.29. The maximum Gasteiger partial charge on any atom is 0.260 e. The number of hydrogen-bond acceptors (Lipinski definition) is 5. The van der Waals surface area contributed by atoms with Gasteiger partial charge in [-0.3, -0.25) is 14.9 Å². The average molecular weight is 396 g/mol. The molecule has 1 N–H and O–H groups in total. The molecule has 0 radical (unpaired) electrons. The topological polar surface area (TPSA) is 75.2 Å². The smallest absolute Gasteiger partial charge is 0.260 e. The number of benzene rings is 2.